The number of carbonyl (C=O) groups is 1. The number of rotatable bonds is 6. The molecular weight excluding hydrogens is 228 g/mol. The van der Waals surface area contributed by atoms with Crippen LogP contribution in [0.25, 0.3) is 0 Å². The van der Waals surface area contributed by atoms with Crippen LogP contribution in [0.2, 0.25) is 0 Å². The summed E-state index contributed by atoms with van der Waals surface area (Å²) in [5.41, 5.74) is 0.989. The maximum atomic E-state index is 11.2. The first kappa shape index (κ1) is 11.5. The monoisotopic (exact) mass is 246 g/mol. The highest BCUT2D eigenvalue weighted by atomic mass is 16.4. The molecule has 1 heterocycles. The highest BCUT2D eigenvalue weighted by Gasteiger charge is 2.31. The fourth-order valence-electron chi connectivity index (χ4n) is 2.31. The minimum atomic E-state index is -0.929. The van der Waals surface area contributed by atoms with E-state index >= 15 is 0 Å². The molecule has 0 aliphatic heterocycles. The van der Waals surface area contributed by atoms with Crippen LogP contribution in [0.5, 0.6) is 0 Å². The molecule has 18 heavy (non-hydrogen) atoms. The Hall–Kier alpha value is -1.58. The maximum absolute atomic E-state index is 11.2. The zero-order chi connectivity index (χ0) is 12.5. The molecule has 0 amide bonds. The molecule has 4 nitrogen and oxygen atoms in total. The van der Waals surface area contributed by atoms with Crippen LogP contribution in [0.1, 0.15) is 36.2 Å². The standard InChI is InChI=1S/C14H18N2O2/c17-14(18)13-12(2-1-7-15-13)16(8-10-3-4-10)9-11-5-6-11/h1-2,7,10-11H,3-6,8-9H2,(H,17,18). The summed E-state index contributed by atoms with van der Waals surface area (Å²) in [6, 6.07) is 3.72. The maximum Gasteiger partial charge on any atom is 0.356 e. The van der Waals surface area contributed by atoms with Crippen LogP contribution in [0.4, 0.5) is 5.69 Å². The van der Waals surface area contributed by atoms with Crippen LogP contribution in [-0.4, -0.2) is 29.1 Å². The van der Waals surface area contributed by atoms with Crippen molar-refractivity contribution in [1.82, 2.24) is 4.98 Å². The second-order valence-electron chi connectivity index (χ2n) is 5.47. The SMILES string of the molecule is O=C(O)c1ncccc1N(CC1CC1)CC1CC1. The molecule has 2 fully saturated rings. The molecule has 0 bridgehead atoms. The van der Waals surface area contributed by atoms with Gasteiger partial charge in [0.15, 0.2) is 5.69 Å². The first-order valence-electron chi connectivity index (χ1n) is 6.67. The predicted molar refractivity (Wildman–Crippen MR) is 68.9 cm³/mol. The second kappa shape index (κ2) is 4.59. The fourth-order valence-corrected chi connectivity index (χ4v) is 2.31. The smallest absolute Gasteiger partial charge is 0.356 e. The highest BCUT2D eigenvalue weighted by Crippen LogP contribution is 2.36. The molecule has 0 atom stereocenters. The van der Waals surface area contributed by atoms with Gasteiger partial charge < -0.3 is 10.0 Å². The van der Waals surface area contributed by atoms with E-state index in [1.807, 2.05) is 12.1 Å². The number of aromatic carboxylic acids is 1. The Kier molecular flexibility index (Phi) is 2.94. The zero-order valence-electron chi connectivity index (χ0n) is 10.4. The van der Waals surface area contributed by atoms with E-state index in [9.17, 15) is 9.90 Å². The summed E-state index contributed by atoms with van der Waals surface area (Å²) in [7, 11) is 0. The predicted octanol–water partition coefficient (Wildman–Crippen LogP) is 2.41. The Bertz CT molecular complexity index is 439. The molecule has 4 heteroatoms. The molecule has 1 aromatic heterocycles. The van der Waals surface area contributed by atoms with E-state index in [-0.39, 0.29) is 5.69 Å². The normalized spacial score (nSPS) is 18.7. The van der Waals surface area contributed by atoms with E-state index in [1.54, 1.807) is 6.20 Å². The van der Waals surface area contributed by atoms with E-state index in [0.29, 0.717) is 0 Å². The van der Waals surface area contributed by atoms with Crippen LogP contribution >= 0.6 is 0 Å². The number of aromatic nitrogens is 1. The van der Waals surface area contributed by atoms with Gasteiger partial charge in [-0.3, -0.25) is 0 Å². The number of hydrogen-bond acceptors (Lipinski definition) is 3. The number of hydrogen-bond donors (Lipinski definition) is 1. The summed E-state index contributed by atoms with van der Waals surface area (Å²) in [6.07, 6.45) is 6.68. The average molecular weight is 246 g/mol. The summed E-state index contributed by atoms with van der Waals surface area (Å²) in [4.78, 5) is 17.5. The van der Waals surface area contributed by atoms with Gasteiger partial charge in [-0.25, -0.2) is 9.78 Å². The van der Waals surface area contributed by atoms with Gasteiger partial charge in [0.1, 0.15) is 0 Å². The molecule has 96 valence electrons. The third kappa shape index (κ3) is 2.63. The van der Waals surface area contributed by atoms with Crippen molar-refractivity contribution in [2.45, 2.75) is 25.7 Å². The van der Waals surface area contributed by atoms with Crippen molar-refractivity contribution in [2.75, 3.05) is 18.0 Å². The molecule has 2 aliphatic carbocycles. The molecule has 2 aliphatic rings. The third-order valence-corrected chi connectivity index (χ3v) is 3.68. The Morgan fingerprint density at radius 2 is 1.89 bits per heavy atom. The summed E-state index contributed by atoms with van der Waals surface area (Å²) >= 11 is 0. The molecule has 3 rings (SSSR count). The van der Waals surface area contributed by atoms with Gasteiger partial charge in [-0.1, -0.05) is 0 Å². The van der Waals surface area contributed by atoms with Gasteiger partial charge in [0.25, 0.3) is 0 Å². The molecule has 0 unspecified atom stereocenters. The Morgan fingerprint density at radius 1 is 1.28 bits per heavy atom. The molecule has 0 saturated heterocycles. The summed E-state index contributed by atoms with van der Waals surface area (Å²) in [5.74, 6) is 0.582. The Balaban J connectivity index is 1.84. The lowest BCUT2D eigenvalue weighted by atomic mass is 10.2. The summed E-state index contributed by atoms with van der Waals surface area (Å²) in [6.45, 7) is 1.98. The number of pyridine rings is 1. The minimum absolute atomic E-state index is 0.193. The summed E-state index contributed by atoms with van der Waals surface area (Å²) < 4.78 is 0. The van der Waals surface area contributed by atoms with Crippen LogP contribution in [-0.2, 0) is 0 Å². The molecular formula is C14H18N2O2. The molecule has 0 aromatic carbocycles. The van der Waals surface area contributed by atoms with E-state index in [2.05, 4.69) is 9.88 Å². The Morgan fingerprint density at radius 3 is 2.39 bits per heavy atom. The number of anilines is 1. The minimum Gasteiger partial charge on any atom is -0.476 e. The summed E-state index contributed by atoms with van der Waals surface area (Å²) in [5, 5.41) is 9.22. The second-order valence-corrected chi connectivity index (χ2v) is 5.47. The topological polar surface area (TPSA) is 53.4 Å². The van der Waals surface area contributed by atoms with Crippen molar-refractivity contribution in [2.24, 2.45) is 11.8 Å². The van der Waals surface area contributed by atoms with Crippen LogP contribution in [0, 0.1) is 11.8 Å². The Labute approximate surface area is 107 Å². The van der Waals surface area contributed by atoms with Crippen molar-refractivity contribution in [3.8, 4) is 0 Å². The number of nitrogens with zero attached hydrogens (tertiary/aromatic N) is 2. The van der Waals surface area contributed by atoms with Gasteiger partial charge in [0, 0.05) is 19.3 Å². The molecule has 2 saturated carbocycles. The van der Waals surface area contributed by atoms with Gasteiger partial charge in [-0.2, -0.15) is 0 Å². The third-order valence-electron chi connectivity index (χ3n) is 3.68. The zero-order valence-corrected chi connectivity index (χ0v) is 10.4. The van der Waals surface area contributed by atoms with Crippen LogP contribution in [0.3, 0.4) is 0 Å². The lowest BCUT2D eigenvalue weighted by molar-refractivity contribution is 0.0691. The van der Waals surface area contributed by atoms with Crippen molar-refractivity contribution >= 4 is 11.7 Å². The van der Waals surface area contributed by atoms with Crippen molar-refractivity contribution in [3.05, 3.63) is 24.0 Å². The first-order chi connectivity index (χ1) is 8.74. The van der Waals surface area contributed by atoms with Gasteiger partial charge >= 0.3 is 5.97 Å². The van der Waals surface area contributed by atoms with E-state index in [1.165, 1.54) is 25.7 Å². The number of carboxylic acids is 1. The molecule has 1 aromatic rings. The van der Waals surface area contributed by atoms with Gasteiger partial charge in [-0.15, -0.1) is 0 Å². The van der Waals surface area contributed by atoms with Gasteiger partial charge in [0.05, 0.1) is 5.69 Å². The van der Waals surface area contributed by atoms with Crippen molar-refractivity contribution < 1.29 is 9.90 Å². The van der Waals surface area contributed by atoms with Gasteiger partial charge in [-0.05, 0) is 49.7 Å². The fraction of sp³-hybridized carbons (Fsp3) is 0.571. The van der Waals surface area contributed by atoms with Crippen molar-refractivity contribution in [3.63, 3.8) is 0 Å². The molecule has 1 N–H and O–H groups in total. The lowest BCUT2D eigenvalue weighted by Gasteiger charge is -2.25. The largest absolute Gasteiger partial charge is 0.476 e. The lowest BCUT2D eigenvalue weighted by Crippen LogP contribution is -2.30. The first-order valence-corrected chi connectivity index (χ1v) is 6.67. The molecule has 0 spiro atoms. The van der Waals surface area contributed by atoms with Gasteiger partial charge in [0.2, 0.25) is 0 Å². The van der Waals surface area contributed by atoms with Crippen molar-refractivity contribution in [1.29, 1.82) is 0 Å². The quantitative estimate of drug-likeness (QED) is 0.837. The van der Waals surface area contributed by atoms with Crippen LogP contribution in [0.15, 0.2) is 18.3 Å². The van der Waals surface area contributed by atoms with Crippen LogP contribution < -0.4 is 4.90 Å². The average Bonchev–Trinajstić information content (AvgIpc) is 3.23. The molecule has 0 radical (unpaired) electrons. The van der Waals surface area contributed by atoms with E-state index < -0.39 is 5.97 Å². The highest BCUT2D eigenvalue weighted by molar-refractivity contribution is 5.92. The number of carboxylic acid groups (broad SMARTS) is 1. The van der Waals surface area contributed by atoms with E-state index in [4.69, 9.17) is 0 Å². The van der Waals surface area contributed by atoms with E-state index in [0.717, 1.165) is 30.6 Å².